The van der Waals surface area contributed by atoms with Gasteiger partial charge in [-0.1, -0.05) is 17.7 Å². The Morgan fingerprint density at radius 2 is 1.75 bits per heavy atom. The molecule has 0 atom stereocenters. The quantitative estimate of drug-likeness (QED) is 0.767. The van der Waals surface area contributed by atoms with Crippen LogP contribution >= 0.6 is 0 Å². The molecule has 2 N–H and O–H groups in total. The van der Waals surface area contributed by atoms with Crippen LogP contribution in [0.2, 0.25) is 0 Å². The van der Waals surface area contributed by atoms with Crippen LogP contribution in [0.15, 0.2) is 18.2 Å². The van der Waals surface area contributed by atoms with Gasteiger partial charge >= 0.3 is 5.97 Å². The summed E-state index contributed by atoms with van der Waals surface area (Å²) in [5.41, 5.74) is 4.38. The zero-order valence-corrected chi connectivity index (χ0v) is 9.74. The molecule has 0 fully saturated rings. The monoisotopic (exact) mass is 220 g/mol. The number of carboxylic acid groups (broad SMARTS) is 1. The van der Waals surface area contributed by atoms with E-state index >= 15 is 0 Å². The third-order valence-electron chi connectivity index (χ3n) is 2.47. The molecule has 16 heavy (non-hydrogen) atoms. The van der Waals surface area contributed by atoms with Gasteiger partial charge in [0, 0.05) is 6.08 Å². The van der Waals surface area contributed by atoms with Gasteiger partial charge in [-0.25, -0.2) is 4.79 Å². The fourth-order valence-corrected chi connectivity index (χ4v) is 2.03. The van der Waals surface area contributed by atoms with Crippen LogP contribution in [0.5, 0.6) is 0 Å². The molecule has 0 bridgehead atoms. The topological polar surface area (TPSA) is 57.5 Å². The Balaban J connectivity index is 3.36. The molecule has 0 aromatic heterocycles. The number of aliphatic hydroxyl groups is 1. The van der Waals surface area contributed by atoms with Crippen LogP contribution in [0.25, 0.3) is 5.57 Å². The first-order valence-electron chi connectivity index (χ1n) is 5.08. The Bertz CT molecular complexity index is 421. The second-order valence-corrected chi connectivity index (χ2v) is 3.94. The minimum absolute atomic E-state index is 0.267. The van der Waals surface area contributed by atoms with Crippen molar-refractivity contribution in [2.45, 2.75) is 20.8 Å². The lowest BCUT2D eigenvalue weighted by atomic mass is 9.94. The maximum Gasteiger partial charge on any atom is 0.328 e. The van der Waals surface area contributed by atoms with Crippen molar-refractivity contribution < 1.29 is 15.0 Å². The van der Waals surface area contributed by atoms with Crippen LogP contribution in [-0.2, 0) is 4.79 Å². The highest BCUT2D eigenvalue weighted by Gasteiger charge is 2.09. The number of rotatable bonds is 3. The summed E-state index contributed by atoms with van der Waals surface area (Å²) < 4.78 is 0. The molecule has 0 aliphatic rings. The number of hydrogen-bond acceptors (Lipinski definition) is 2. The molecule has 0 aliphatic heterocycles. The zero-order chi connectivity index (χ0) is 12.3. The molecule has 3 nitrogen and oxygen atoms in total. The van der Waals surface area contributed by atoms with E-state index in [1.165, 1.54) is 0 Å². The maximum absolute atomic E-state index is 10.6. The number of carbonyl (C=O) groups is 1. The van der Waals surface area contributed by atoms with Crippen LogP contribution in [0.3, 0.4) is 0 Å². The third kappa shape index (κ3) is 2.70. The van der Waals surface area contributed by atoms with Gasteiger partial charge in [0.2, 0.25) is 0 Å². The molecule has 0 saturated carbocycles. The van der Waals surface area contributed by atoms with Gasteiger partial charge in [0.05, 0.1) is 6.61 Å². The summed E-state index contributed by atoms with van der Waals surface area (Å²) in [6.45, 7) is 5.56. The average Bonchev–Trinajstić information content (AvgIpc) is 2.13. The van der Waals surface area contributed by atoms with Crippen molar-refractivity contribution in [3.63, 3.8) is 0 Å². The number of carboxylic acids is 1. The number of benzene rings is 1. The van der Waals surface area contributed by atoms with Crippen molar-refractivity contribution in [2.75, 3.05) is 6.61 Å². The van der Waals surface area contributed by atoms with Gasteiger partial charge in [-0.3, -0.25) is 0 Å². The Kier molecular flexibility index (Phi) is 3.85. The lowest BCUT2D eigenvalue weighted by molar-refractivity contribution is -0.131. The van der Waals surface area contributed by atoms with Crippen LogP contribution in [-0.4, -0.2) is 22.8 Å². The van der Waals surface area contributed by atoms with Gasteiger partial charge in [0.15, 0.2) is 0 Å². The molecular weight excluding hydrogens is 204 g/mol. The highest BCUT2D eigenvalue weighted by molar-refractivity contribution is 5.91. The molecule has 0 amide bonds. The van der Waals surface area contributed by atoms with E-state index in [1.54, 1.807) is 0 Å². The number of aliphatic hydroxyl groups excluding tert-OH is 1. The summed E-state index contributed by atoms with van der Waals surface area (Å²) >= 11 is 0. The van der Waals surface area contributed by atoms with E-state index in [4.69, 9.17) is 5.11 Å². The molecule has 0 radical (unpaired) electrons. The maximum atomic E-state index is 10.6. The fourth-order valence-electron chi connectivity index (χ4n) is 2.03. The largest absolute Gasteiger partial charge is 0.478 e. The number of aryl methyl sites for hydroxylation is 3. The van der Waals surface area contributed by atoms with Gasteiger partial charge in [0.1, 0.15) is 0 Å². The Hall–Kier alpha value is -1.61. The van der Waals surface area contributed by atoms with E-state index in [0.29, 0.717) is 5.57 Å². The van der Waals surface area contributed by atoms with Gasteiger partial charge in [0.25, 0.3) is 0 Å². The molecule has 0 saturated heterocycles. The molecular formula is C13H16O3. The smallest absolute Gasteiger partial charge is 0.328 e. The van der Waals surface area contributed by atoms with E-state index < -0.39 is 5.97 Å². The summed E-state index contributed by atoms with van der Waals surface area (Å²) in [4.78, 5) is 10.6. The molecule has 86 valence electrons. The molecule has 0 aliphatic carbocycles. The summed E-state index contributed by atoms with van der Waals surface area (Å²) in [5.74, 6) is -1.04. The van der Waals surface area contributed by atoms with Crippen molar-refractivity contribution in [2.24, 2.45) is 0 Å². The van der Waals surface area contributed by atoms with Crippen molar-refractivity contribution in [3.05, 3.63) is 40.5 Å². The van der Waals surface area contributed by atoms with Crippen molar-refractivity contribution in [1.82, 2.24) is 0 Å². The number of aliphatic carboxylic acids is 1. The second-order valence-electron chi connectivity index (χ2n) is 3.94. The first kappa shape index (κ1) is 12.5. The van der Waals surface area contributed by atoms with Crippen molar-refractivity contribution in [3.8, 4) is 0 Å². The van der Waals surface area contributed by atoms with Gasteiger partial charge < -0.3 is 10.2 Å². The molecule has 0 unspecified atom stereocenters. The molecule has 1 aromatic rings. The Morgan fingerprint density at radius 1 is 1.25 bits per heavy atom. The molecule has 3 heteroatoms. The van der Waals surface area contributed by atoms with Crippen LogP contribution in [0.4, 0.5) is 0 Å². The van der Waals surface area contributed by atoms with Gasteiger partial charge in [-0.15, -0.1) is 0 Å². The van der Waals surface area contributed by atoms with E-state index in [-0.39, 0.29) is 6.61 Å². The highest BCUT2D eigenvalue weighted by atomic mass is 16.4. The predicted molar refractivity (Wildman–Crippen MR) is 63.4 cm³/mol. The van der Waals surface area contributed by atoms with Crippen molar-refractivity contribution >= 4 is 11.5 Å². The van der Waals surface area contributed by atoms with Crippen LogP contribution < -0.4 is 0 Å². The first-order chi connectivity index (χ1) is 7.45. The normalized spacial score (nSPS) is 11.6. The molecule has 1 rings (SSSR count). The summed E-state index contributed by atoms with van der Waals surface area (Å²) in [5, 5.41) is 17.9. The summed E-state index contributed by atoms with van der Waals surface area (Å²) in [6, 6.07) is 3.96. The Morgan fingerprint density at radius 3 is 2.12 bits per heavy atom. The minimum atomic E-state index is -1.04. The van der Waals surface area contributed by atoms with E-state index in [2.05, 4.69) is 0 Å². The lowest BCUT2D eigenvalue weighted by Gasteiger charge is -2.12. The molecule has 0 spiro atoms. The first-order valence-corrected chi connectivity index (χ1v) is 5.08. The molecule has 1 aromatic carbocycles. The van der Waals surface area contributed by atoms with E-state index in [1.807, 2.05) is 32.9 Å². The van der Waals surface area contributed by atoms with Crippen LogP contribution in [0, 0.1) is 20.8 Å². The summed E-state index contributed by atoms with van der Waals surface area (Å²) in [7, 11) is 0. The Labute approximate surface area is 95.0 Å². The summed E-state index contributed by atoms with van der Waals surface area (Å²) in [6.07, 6.45) is 1.06. The fraction of sp³-hybridized carbons (Fsp3) is 0.308. The SMILES string of the molecule is Cc1cc(C)c(/C(=C/C(=O)O)CO)c(C)c1. The van der Waals surface area contributed by atoms with Crippen LogP contribution in [0.1, 0.15) is 22.3 Å². The lowest BCUT2D eigenvalue weighted by Crippen LogP contribution is -2.01. The second kappa shape index (κ2) is 4.94. The van der Waals surface area contributed by atoms with E-state index in [9.17, 15) is 9.90 Å². The standard InChI is InChI=1S/C13H16O3/c1-8-4-9(2)13(10(3)5-8)11(7-14)6-12(15)16/h4-6,14H,7H2,1-3H3,(H,15,16)/b11-6+. The molecule has 0 heterocycles. The zero-order valence-electron chi connectivity index (χ0n) is 9.74. The van der Waals surface area contributed by atoms with Gasteiger partial charge in [-0.05, 0) is 43.0 Å². The minimum Gasteiger partial charge on any atom is -0.478 e. The predicted octanol–water partition coefficient (Wildman–Crippen LogP) is 2.07. The highest BCUT2D eigenvalue weighted by Crippen LogP contribution is 2.24. The van der Waals surface area contributed by atoms with Crippen molar-refractivity contribution in [1.29, 1.82) is 0 Å². The van der Waals surface area contributed by atoms with E-state index in [0.717, 1.165) is 28.3 Å². The third-order valence-corrected chi connectivity index (χ3v) is 2.47. The van der Waals surface area contributed by atoms with Gasteiger partial charge in [-0.2, -0.15) is 0 Å². The average molecular weight is 220 g/mol. The number of hydrogen-bond donors (Lipinski definition) is 2.